The third kappa shape index (κ3) is 2.03. The zero-order valence-electron chi connectivity index (χ0n) is 8.86. The van der Waals surface area contributed by atoms with E-state index in [0.29, 0.717) is 0 Å². The highest BCUT2D eigenvalue weighted by atomic mass is 19.1. The molecule has 3 heteroatoms. The monoisotopic (exact) mass is 209 g/mol. The third-order valence-electron chi connectivity index (χ3n) is 3.16. The molecule has 0 spiro atoms. The van der Waals surface area contributed by atoms with Crippen molar-refractivity contribution in [1.82, 2.24) is 4.90 Å². The second-order valence-corrected chi connectivity index (χ2v) is 4.29. The molecule has 1 aliphatic rings. The Morgan fingerprint density at radius 3 is 2.80 bits per heavy atom. The molecule has 1 fully saturated rings. The van der Waals surface area contributed by atoms with E-state index in [2.05, 4.69) is 4.90 Å². The van der Waals surface area contributed by atoms with Crippen LogP contribution in [0.25, 0.3) is 0 Å². The van der Waals surface area contributed by atoms with Gasteiger partial charge in [0.25, 0.3) is 0 Å². The molecule has 2 nitrogen and oxygen atoms in total. The first-order valence-corrected chi connectivity index (χ1v) is 5.26. The molecule has 0 aromatic heterocycles. The van der Waals surface area contributed by atoms with Gasteiger partial charge in [0.2, 0.25) is 0 Å². The van der Waals surface area contributed by atoms with Crippen LogP contribution in [-0.4, -0.2) is 36.8 Å². The van der Waals surface area contributed by atoms with Crippen LogP contribution in [0.15, 0.2) is 24.3 Å². The van der Waals surface area contributed by atoms with Gasteiger partial charge >= 0.3 is 0 Å². The van der Waals surface area contributed by atoms with Crippen LogP contribution in [0.2, 0.25) is 0 Å². The standard InChI is InChI=1S/C12H16FNO/c1-14-6-9(8-15)11(7-14)10-4-2-3-5-12(10)13/h2-5,9,11,15H,6-8H2,1H3/t9-,11-/m1/s1. The first-order chi connectivity index (χ1) is 7.22. The highest BCUT2D eigenvalue weighted by molar-refractivity contribution is 5.24. The minimum absolute atomic E-state index is 0.126. The molecular formula is C12H16FNO. The summed E-state index contributed by atoms with van der Waals surface area (Å²) < 4.78 is 13.6. The highest BCUT2D eigenvalue weighted by Gasteiger charge is 2.32. The average molecular weight is 209 g/mol. The fraction of sp³-hybridized carbons (Fsp3) is 0.500. The summed E-state index contributed by atoms with van der Waals surface area (Å²) in [6, 6.07) is 6.86. The lowest BCUT2D eigenvalue weighted by molar-refractivity contribution is 0.218. The van der Waals surface area contributed by atoms with E-state index in [-0.39, 0.29) is 24.3 Å². The number of aliphatic hydroxyl groups excluding tert-OH is 1. The zero-order valence-corrected chi connectivity index (χ0v) is 8.86. The molecule has 1 aromatic carbocycles. The minimum atomic E-state index is -0.156. The Kier molecular flexibility index (Phi) is 3.03. The van der Waals surface area contributed by atoms with E-state index in [1.807, 2.05) is 19.2 Å². The van der Waals surface area contributed by atoms with Gasteiger partial charge in [0.05, 0.1) is 0 Å². The summed E-state index contributed by atoms with van der Waals surface area (Å²) in [7, 11) is 2.00. The topological polar surface area (TPSA) is 23.5 Å². The summed E-state index contributed by atoms with van der Waals surface area (Å²) >= 11 is 0. The first kappa shape index (κ1) is 10.6. The first-order valence-electron chi connectivity index (χ1n) is 5.26. The van der Waals surface area contributed by atoms with Gasteiger partial charge in [-0.05, 0) is 18.7 Å². The van der Waals surface area contributed by atoms with Crippen LogP contribution in [0.3, 0.4) is 0 Å². The Morgan fingerprint density at radius 2 is 2.13 bits per heavy atom. The molecule has 1 aromatic rings. The molecule has 1 N–H and O–H groups in total. The van der Waals surface area contributed by atoms with E-state index in [9.17, 15) is 9.50 Å². The molecule has 0 aliphatic carbocycles. The van der Waals surface area contributed by atoms with Gasteiger partial charge in [-0.25, -0.2) is 4.39 Å². The summed E-state index contributed by atoms with van der Waals surface area (Å²) in [5, 5.41) is 9.26. The Labute approximate surface area is 89.3 Å². The summed E-state index contributed by atoms with van der Waals surface area (Å²) in [4.78, 5) is 2.14. The van der Waals surface area contributed by atoms with Crippen LogP contribution in [0, 0.1) is 11.7 Å². The fourth-order valence-corrected chi connectivity index (χ4v) is 2.40. The van der Waals surface area contributed by atoms with E-state index in [4.69, 9.17) is 0 Å². The second kappa shape index (κ2) is 4.29. The van der Waals surface area contributed by atoms with E-state index < -0.39 is 0 Å². The number of hydrogen-bond donors (Lipinski definition) is 1. The fourth-order valence-electron chi connectivity index (χ4n) is 2.40. The number of aliphatic hydroxyl groups is 1. The van der Waals surface area contributed by atoms with E-state index in [0.717, 1.165) is 18.7 Å². The highest BCUT2D eigenvalue weighted by Crippen LogP contribution is 2.32. The number of nitrogens with zero attached hydrogens (tertiary/aromatic N) is 1. The van der Waals surface area contributed by atoms with Gasteiger partial charge in [0.15, 0.2) is 0 Å². The van der Waals surface area contributed by atoms with E-state index in [1.165, 1.54) is 6.07 Å². The van der Waals surface area contributed by atoms with Crippen molar-refractivity contribution in [3.63, 3.8) is 0 Å². The molecule has 0 saturated carbocycles. The molecule has 2 rings (SSSR count). The van der Waals surface area contributed by atoms with Gasteiger partial charge in [-0.3, -0.25) is 0 Å². The minimum Gasteiger partial charge on any atom is -0.396 e. The number of rotatable bonds is 2. The van der Waals surface area contributed by atoms with Crippen LogP contribution in [0.1, 0.15) is 11.5 Å². The maximum absolute atomic E-state index is 13.6. The molecule has 0 unspecified atom stereocenters. The van der Waals surface area contributed by atoms with Crippen LogP contribution >= 0.6 is 0 Å². The number of likely N-dealkylation sites (tertiary alicyclic amines) is 1. The Balaban J connectivity index is 2.26. The lowest BCUT2D eigenvalue weighted by atomic mass is 9.89. The summed E-state index contributed by atoms with van der Waals surface area (Å²) in [5.41, 5.74) is 0.737. The maximum Gasteiger partial charge on any atom is 0.126 e. The molecule has 82 valence electrons. The van der Waals surface area contributed by atoms with E-state index >= 15 is 0 Å². The SMILES string of the molecule is CN1C[C@H](CO)[C@H](c2ccccc2F)C1. The molecular weight excluding hydrogens is 193 g/mol. The summed E-state index contributed by atoms with van der Waals surface area (Å²) in [6.45, 7) is 1.80. The van der Waals surface area contributed by atoms with Crippen molar-refractivity contribution in [3.05, 3.63) is 35.6 Å². The predicted octanol–water partition coefficient (Wildman–Crippen LogP) is 1.46. The number of likely N-dealkylation sites (N-methyl/N-ethyl adjacent to an activating group) is 1. The van der Waals surface area contributed by atoms with Crippen molar-refractivity contribution in [2.24, 2.45) is 5.92 Å². The molecule has 0 amide bonds. The van der Waals surface area contributed by atoms with Crippen LogP contribution < -0.4 is 0 Å². The van der Waals surface area contributed by atoms with E-state index in [1.54, 1.807) is 6.07 Å². The zero-order chi connectivity index (χ0) is 10.8. The second-order valence-electron chi connectivity index (χ2n) is 4.29. The molecule has 2 atom stereocenters. The average Bonchev–Trinajstić information content (AvgIpc) is 2.60. The molecule has 0 bridgehead atoms. The summed E-state index contributed by atoms with van der Waals surface area (Å²) in [6.07, 6.45) is 0. The van der Waals surface area contributed by atoms with Crippen molar-refractivity contribution in [1.29, 1.82) is 0 Å². The predicted molar refractivity (Wildman–Crippen MR) is 57.2 cm³/mol. The van der Waals surface area contributed by atoms with Gasteiger partial charge in [-0.2, -0.15) is 0 Å². The molecule has 1 aliphatic heterocycles. The van der Waals surface area contributed by atoms with Gasteiger partial charge < -0.3 is 10.0 Å². The van der Waals surface area contributed by atoms with Crippen LogP contribution in [0.5, 0.6) is 0 Å². The molecule has 0 radical (unpaired) electrons. The lowest BCUT2D eigenvalue weighted by Crippen LogP contribution is -2.16. The Morgan fingerprint density at radius 1 is 1.40 bits per heavy atom. The van der Waals surface area contributed by atoms with Gasteiger partial charge in [-0.15, -0.1) is 0 Å². The quantitative estimate of drug-likeness (QED) is 0.797. The van der Waals surface area contributed by atoms with Crippen molar-refractivity contribution in [3.8, 4) is 0 Å². The van der Waals surface area contributed by atoms with Crippen molar-refractivity contribution >= 4 is 0 Å². The Bertz CT molecular complexity index is 342. The largest absolute Gasteiger partial charge is 0.396 e. The van der Waals surface area contributed by atoms with Gasteiger partial charge in [0, 0.05) is 31.5 Å². The van der Waals surface area contributed by atoms with Crippen LogP contribution in [-0.2, 0) is 0 Å². The molecule has 15 heavy (non-hydrogen) atoms. The van der Waals surface area contributed by atoms with Crippen molar-refractivity contribution in [2.75, 3.05) is 26.7 Å². The third-order valence-corrected chi connectivity index (χ3v) is 3.16. The smallest absolute Gasteiger partial charge is 0.126 e. The van der Waals surface area contributed by atoms with Gasteiger partial charge in [-0.1, -0.05) is 18.2 Å². The molecule has 1 saturated heterocycles. The number of benzene rings is 1. The number of halogens is 1. The van der Waals surface area contributed by atoms with Crippen LogP contribution in [0.4, 0.5) is 4.39 Å². The Hall–Kier alpha value is -0.930. The number of hydrogen-bond acceptors (Lipinski definition) is 2. The van der Waals surface area contributed by atoms with Crippen molar-refractivity contribution in [2.45, 2.75) is 5.92 Å². The maximum atomic E-state index is 13.6. The lowest BCUT2D eigenvalue weighted by Gasteiger charge is -2.16. The van der Waals surface area contributed by atoms with Gasteiger partial charge in [0.1, 0.15) is 5.82 Å². The summed E-state index contributed by atoms with van der Waals surface area (Å²) in [5.74, 6) is 0.129. The van der Waals surface area contributed by atoms with Crippen molar-refractivity contribution < 1.29 is 9.50 Å². The molecule has 1 heterocycles. The normalized spacial score (nSPS) is 27.1.